The molecule has 0 saturated carbocycles. The summed E-state index contributed by atoms with van der Waals surface area (Å²) in [5, 5.41) is 0.0100. The van der Waals surface area contributed by atoms with E-state index in [4.69, 9.17) is 17.3 Å². The predicted molar refractivity (Wildman–Crippen MR) is 58.1 cm³/mol. The van der Waals surface area contributed by atoms with Gasteiger partial charge in [0.05, 0.1) is 22.9 Å². The Kier molecular flexibility index (Phi) is 4.77. The Morgan fingerprint density at radius 1 is 1.65 bits per heavy atom. The lowest BCUT2D eigenvalue weighted by Crippen LogP contribution is -2.14. The molecule has 0 aliphatic heterocycles. The number of carbonyl (C=O) groups is 1. The fourth-order valence-electron chi connectivity index (χ4n) is 1.21. The van der Waals surface area contributed by atoms with Crippen LogP contribution in [0.5, 0.6) is 0 Å². The molecule has 1 aromatic rings. The number of alkyl halides is 2. The first-order chi connectivity index (χ1) is 8.01. The maximum atomic E-state index is 12.7. The standard InChI is InChI=1S/C10H11ClF2N2O2/c1-2-17-10(16)8-5(9(12)13)3-6(11)7(4-14)15-8/h3,9H,2,4,14H2,1H3. The van der Waals surface area contributed by atoms with Crippen molar-refractivity contribution in [2.24, 2.45) is 5.73 Å². The van der Waals surface area contributed by atoms with Gasteiger partial charge in [0.15, 0.2) is 5.69 Å². The second-order valence-corrected chi connectivity index (χ2v) is 3.49. The molecule has 0 aromatic carbocycles. The zero-order valence-electron chi connectivity index (χ0n) is 9.04. The van der Waals surface area contributed by atoms with E-state index in [1.54, 1.807) is 6.92 Å². The molecule has 0 aliphatic carbocycles. The molecule has 4 nitrogen and oxygen atoms in total. The van der Waals surface area contributed by atoms with Gasteiger partial charge >= 0.3 is 5.97 Å². The maximum absolute atomic E-state index is 12.7. The highest BCUT2D eigenvalue weighted by Gasteiger charge is 2.23. The molecule has 0 unspecified atom stereocenters. The Morgan fingerprint density at radius 3 is 2.76 bits per heavy atom. The highest BCUT2D eigenvalue weighted by Crippen LogP contribution is 2.27. The normalized spacial score (nSPS) is 10.7. The number of nitrogens with zero attached hydrogens (tertiary/aromatic N) is 1. The van der Waals surface area contributed by atoms with E-state index in [1.165, 1.54) is 0 Å². The van der Waals surface area contributed by atoms with Gasteiger partial charge in [-0.25, -0.2) is 18.6 Å². The summed E-state index contributed by atoms with van der Waals surface area (Å²) < 4.78 is 30.1. The number of carbonyl (C=O) groups excluding carboxylic acids is 1. The lowest BCUT2D eigenvalue weighted by atomic mass is 10.1. The Bertz CT molecular complexity index is 427. The fourth-order valence-corrected chi connectivity index (χ4v) is 1.45. The molecule has 17 heavy (non-hydrogen) atoms. The van der Waals surface area contributed by atoms with Crippen molar-refractivity contribution in [3.63, 3.8) is 0 Å². The molecule has 0 spiro atoms. The van der Waals surface area contributed by atoms with Crippen LogP contribution in [0, 0.1) is 0 Å². The summed E-state index contributed by atoms with van der Waals surface area (Å²) in [7, 11) is 0. The minimum absolute atomic E-state index is 0.0100. The number of hydrogen-bond donors (Lipinski definition) is 1. The average Bonchev–Trinajstić information content (AvgIpc) is 2.28. The summed E-state index contributed by atoms with van der Waals surface area (Å²) in [4.78, 5) is 15.2. The van der Waals surface area contributed by atoms with E-state index in [-0.39, 0.29) is 23.9 Å². The summed E-state index contributed by atoms with van der Waals surface area (Å²) in [6, 6.07) is 0.994. The average molecular weight is 265 g/mol. The second kappa shape index (κ2) is 5.88. The first-order valence-corrected chi connectivity index (χ1v) is 5.23. The zero-order chi connectivity index (χ0) is 13.0. The summed E-state index contributed by atoms with van der Waals surface area (Å²) >= 11 is 5.70. The van der Waals surface area contributed by atoms with Crippen molar-refractivity contribution in [1.29, 1.82) is 0 Å². The van der Waals surface area contributed by atoms with Gasteiger partial charge in [-0.15, -0.1) is 0 Å². The first kappa shape index (κ1) is 13.8. The topological polar surface area (TPSA) is 65.2 Å². The van der Waals surface area contributed by atoms with Crippen molar-refractivity contribution in [3.05, 3.63) is 28.0 Å². The lowest BCUT2D eigenvalue weighted by Gasteiger charge is -2.10. The van der Waals surface area contributed by atoms with Gasteiger partial charge in [0.25, 0.3) is 6.43 Å². The molecule has 0 saturated heterocycles. The zero-order valence-corrected chi connectivity index (χ0v) is 9.80. The van der Waals surface area contributed by atoms with Crippen LogP contribution in [0.25, 0.3) is 0 Å². The van der Waals surface area contributed by atoms with E-state index in [0.29, 0.717) is 0 Å². The Morgan fingerprint density at radius 2 is 2.29 bits per heavy atom. The maximum Gasteiger partial charge on any atom is 0.357 e. The van der Waals surface area contributed by atoms with Crippen molar-refractivity contribution in [2.75, 3.05) is 6.61 Å². The van der Waals surface area contributed by atoms with E-state index in [1.807, 2.05) is 0 Å². The van der Waals surface area contributed by atoms with Crippen molar-refractivity contribution < 1.29 is 18.3 Å². The highest BCUT2D eigenvalue weighted by atomic mass is 35.5. The Labute approximate surface area is 102 Å². The van der Waals surface area contributed by atoms with Crippen LogP contribution in [0.4, 0.5) is 8.78 Å². The van der Waals surface area contributed by atoms with Crippen molar-refractivity contribution >= 4 is 17.6 Å². The minimum Gasteiger partial charge on any atom is -0.461 e. The summed E-state index contributed by atoms with van der Waals surface area (Å²) in [5.41, 5.74) is 4.52. The van der Waals surface area contributed by atoms with E-state index in [9.17, 15) is 13.6 Å². The first-order valence-electron chi connectivity index (χ1n) is 4.85. The minimum atomic E-state index is -2.86. The molecular weight excluding hydrogens is 254 g/mol. The molecule has 1 heterocycles. The number of halogens is 3. The van der Waals surface area contributed by atoms with Crippen LogP contribution in [-0.2, 0) is 11.3 Å². The number of ether oxygens (including phenoxy) is 1. The van der Waals surface area contributed by atoms with Gasteiger partial charge in [0.2, 0.25) is 0 Å². The molecule has 0 fully saturated rings. The number of aromatic nitrogens is 1. The number of hydrogen-bond acceptors (Lipinski definition) is 4. The molecule has 0 bridgehead atoms. The fraction of sp³-hybridized carbons (Fsp3) is 0.400. The van der Waals surface area contributed by atoms with Crippen LogP contribution in [0.1, 0.15) is 35.1 Å². The van der Waals surface area contributed by atoms with Gasteiger partial charge in [0.1, 0.15) is 0 Å². The molecule has 0 amide bonds. The molecule has 1 aromatic heterocycles. The highest BCUT2D eigenvalue weighted by molar-refractivity contribution is 6.31. The molecule has 0 atom stereocenters. The molecule has 94 valence electrons. The summed E-state index contributed by atoms with van der Waals surface area (Å²) in [5.74, 6) is -0.908. The number of nitrogens with two attached hydrogens (primary N) is 1. The van der Waals surface area contributed by atoms with E-state index >= 15 is 0 Å². The number of esters is 1. The summed E-state index contributed by atoms with van der Waals surface area (Å²) in [6.07, 6.45) is -2.86. The quantitative estimate of drug-likeness (QED) is 0.848. The molecule has 0 radical (unpaired) electrons. The van der Waals surface area contributed by atoms with Gasteiger partial charge in [-0.3, -0.25) is 0 Å². The van der Waals surface area contributed by atoms with Gasteiger partial charge in [-0.1, -0.05) is 11.6 Å². The molecule has 2 N–H and O–H groups in total. The summed E-state index contributed by atoms with van der Waals surface area (Å²) in [6.45, 7) is 1.60. The Hall–Kier alpha value is -1.27. The monoisotopic (exact) mass is 264 g/mol. The SMILES string of the molecule is CCOC(=O)c1nc(CN)c(Cl)cc1C(F)F. The van der Waals surface area contributed by atoms with Crippen LogP contribution < -0.4 is 5.73 Å². The van der Waals surface area contributed by atoms with Crippen molar-refractivity contribution in [1.82, 2.24) is 4.98 Å². The van der Waals surface area contributed by atoms with Gasteiger partial charge in [0, 0.05) is 6.54 Å². The lowest BCUT2D eigenvalue weighted by molar-refractivity contribution is 0.0507. The number of rotatable bonds is 4. The van der Waals surface area contributed by atoms with E-state index in [2.05, 4.69) is 9.72 Å². The van der Waals surface area contributed by atoms with Crippen molar-refractivity contribution in [3.8, 4) is 0 Å². The predicted octanol–water partition coefficient (Wildman–Crippen LogP) is 2.31. The van der Waals surface area contributed by atoms with Crippen molar-refractivity contribution in [2.45, 2.75) is 19.9 Å². The van der Waals surface area contributed by atoms with Crippen LogP contribution in [-0.4, -0.2) is 17.6 Å². The largest absolute Gasteiger partial charge is 0.461 e. The molecule has 1 rings (SSSR count). The van der Waals surface area contributed by atoms with Gasteiger partial charge in [-0.05, 0) is 13.0 Å². The van der Waals surface area contributed by atoms with Gasteiger partial charge in [-0.2, -0.15) is 0 Å². The smallest absolute Gasteiger partial charge is 0.357 e. The number of pyridine rings is 1. The van der Waals surface area contributed by atoms with E-state index in [0.717, 1.165) is 6.07 Å². The molecule has 7 heteroatoms. The third-order valence-corrected chi connectivity index (χ3v) is 2.30. The second-order valence-electron chi connectivity index (χ2n) is 3.08. The molecule has 0 aliphatic rings. The molecular formula is C10H11ClF2N2O2. The van der Waals surface area contributed by atoms with Crippen LogP contribution in [0.15, 0.2) is 6.07 Å². The van der Waals surface area contributed by atoms with Gasteiger partial charge < -0.3 is 10.5 Å². The van der Waals surface area contributed by atoms with Crippen LogP contribution in [0.3, 0.4) is 0 Å². The van der Waals surface area contributed by atoms with Crippen LogP contribution in [0.2, 0.25) is 5.02 Å². The Balaban J connectivity index is 3.28. The van der Waals surface area contributed by atoms with E-state index < -0.39 is 23.7 Å². The third kappa shape index (κ3) is 3.10. The third-order valence-electron chi connectivity index (χ3n) is 1.98. The van der Waals surface area contributed by atoms with Crippen LogP contribution >= 0.6 is 11.6 Å².